The van der Waals surface area contributed by atoms with Gasteiger partial charge in [-0.2, -0.15) is 0 Å². The Morgan fingerprint density at radius 2 is 1.50 bits per heavy atom. The molecule has 0 aromatic heterocycles. The van der Waals surface area contributed by atoms with E-state index in [-0.39, 0.29) is 5.54 Å². The second-order valence-corrected chi connectivity index (χ2v) is 9.71. The van der Waals surface area contributed by atoms with Crippen LogP contribution in [0.4, 0.5) is 0 Å². The van der Waals surface area contributed by atoms with E-state index in [1.54, 1.807) is 0 Å². The van der Waals surface area contributed by atoms with Crippen LogP contribution in [0.2, 0.25) is 0 Å². The first kappa shape index (κ1) is 24.0. The molecule has 0 N–H and O–H groups in total. The van der Waals surface area contributed by atoms with Crippen molar-refractivity contribution >= 4 is 11.3 Å². The van der Waals surface area contributed by atoms with Gasteiger partial charge in [0.2, 0.25) is 0 Å². The molecule has 2 aromatic carbocycles. The van der Waals surface area contributed by atoms with Crippen molar-refractivity contribution < 1.29 is 0 Å². The minimum absolute atomic E-state index is 0.0692. The van der Waals surface area contributed by atoms with Gasteiger partial charge in [0.25, 0.3) is 0 Å². The zero-order valence-electron chi connectivity index (χ0n) is 20.1. The molecule has 0 saturated carbocycles. The van der Waals surface area contributed by atoms with E-state index in [9.17, 15) is 0 Å². The van der Waals surface area contributed by atoms with Gasteiger partial charge in [-0.3, -0.25) is 0 Å². The summed E-state index contributed by atoms with van der Waals surface area (Å²) in [6.07, 6.45) is 4.46. The molecule has 30 heavy (non-hydrogen) atoms. The maximum absolute atomic E-state index is 4.51. The minimum atomic E-state index is 0.0692. The van der Waals surface area contributed by atoms with Crippen molar-refractivity contribution in [2.45, 2.75) is 72.8 Å². The lowest BCUT2D eigenvalue weighted by atomic mass is 9.89. The third-order valence-electron chi connectivity index (χ3n) is 5.86. The highest BCUT2D eigenvalue weighted by Crippen LogP contribution is 2.30. The molecule has 1 heteroatoms. The molecule has 2 rings (SSSR count). The summed E-state index contributed by atoms with van der Waals surface area (Å²) in [5, 5.41) is 0. The van der Waals surface area contributed by atoms with Crippen LogP contribution in [0, 0.1) is 5.92 Å². The molecule has 2 aromatic rings. The van der Waals surface area contributed by atoms with Crippen molar-refractivity contribution in [1.29, 1.82) is 0 Å². The van der Waals surface area contributed by atoms with Gasteiger partial charge >= 0.3 is 0 Å². The average Bonchev–Trinajstić information content (AvgIpc) is 2.69. The van der Waals surface area contributed by atoms with Crippen LogP contribution < -0.4 is 0 Å². The van der Waals surface area contributed by atoms with Gasteiger partial charge in [0, 0.05) is 23.3 Å². The fourth-order valence-corrected chi connectivity index (χ4v) is 4.26. The van der Waals surface area contributed by atoms with Crippen molar-refractivity contribution in [3.63, 3.8) is 0 Å². The Morgan fingerprint density at radius 3 is 2.07 bits per heavy atom. The smallest absolute Gasteiger partial charge is 0.0373 e. The normalized spacial score (nSPS) is 12.5. The number of aryl methyl sites for hydroxylation is 1. The van der Waals surface area contributed by atoms with E-state index in [4.69, 9.17) is 0 Å². The summed E-state index contributed by atoms with van der Waals surface area (Å²) in [6, 6.07) is 17.5. The second kappa shape index (κ2) is 10.7. The number of rotatable bonds is 10. The average molecular weight is 404 g/mol. The van der Waals surface area contributed by atoms with Crippen molar-refractivity contribution in [2.75, 3.05) is 6.54 Å². The van der Waals surface area contributed by atoms with Gasteiger partial charge in [0.15, 0.2) is 0 Å². The summed E-state index contributed by atoms with van der Waals surface area (Å²) in [5.41, 5.74) is 7.80. The van der Waals surface area contributed by atoms with Gasteiger partial charge in [-0.25, -0.2) is 0 Å². The van der Waals surface area contributed by atoms with Crippen LogP contribution in [0.25, 0.3) is 11.3 Å². The predicted molar refractivity (Wildman–Crippen MR) is 135 cm³/mol. The van der Waals surface area contributed by atoms with E-state index < -0.39 is 0 Å². The third kappa shape index (κ3) is 6.36. The molecule has 0 amide bonds. The fourth-order valence-electron chi connectivity index (χ4n) is 4.26. The van der Waals surface area contributed by atoms with Crippen LogP contribution in [0.15, 0.2) is 61.7 Å². The number of nitrogens with zero attached hydrogens (tertiary/aromatic N) is 1. The molecule has 0 bridgehead atoms. The third-order valence-corrected chi connectivity index (χ3v) is 5.86. The molecule has 0 aliphatic rings. The number of allylic oxidation sites excluding steroid dienone is 1. The maximum Gasteiger partial charge on any atom is 0.0373 e. The van der Waals surface area contributed by atoms with Gasteiger partial charge in [-0.05, 0) is 76.0 Å². The number of hydrogen-bond acceptors (Lipinski definition) is 1. The van der Waals surface area contributed by atoms with Gasteiger partial charge in [0.1, 0.15) is 0 Å². The molecule has 0 spiro atoms. The molecule has 0 heterocycles. The summed E-state index contributed by atoms with van der Waals surface area (Å²) in [4.78, 5) is 2.46. The molecule has 0 radical (unpaired) electrons. The van der Waals surface area contributed by atoms with Gasteiger partial charge in [-0.1, -0.05) is 81.1 Å². The lowest BCUT2D eigenvalue weighted by Crippen LogP contribution is -2.40. The highest BCUT2D eigenvalue weighted by Gasteiger charge is 2.23. The highest BCUT2D eigenvalue weighted by molar-refractivity contribution is 5.66. The van der Waals surface area contributed by atoms with Gasteiger partial charge in [-0.15, -0.1) is 0 Å². The molecule has 0 aliphatic carbocycles. The molecule has 162 valence electrons. The minimum Gasteiger partial charge on any atom is -0.367 e. The molecular formula is C29H41N. The van der Waals surface area contributed by atoms with Crippen molar-refractivity contribution in [3.8, 4) is 0 Å². The van der Waals surface area contributed by atoms with E-state index in [0.717, 1.165) is 43.5 Å². The van der Waals surface area contributed by atoms with Crippen LogP contribution in [0.1, 0.15) is 76.6 Å². The van der Waals surface area contributed by atoms with Crippen LogP contribution in [-0.4, -0.2) is 17.0 Å². The number of benzene rings is 2. The lowest BCUT2D eigenvalue weighted by Gasteiger charge is -2.39. The highest BCUT2D eigenvalue weighted by atomic mass is 15.2. The maximum atomic E-state index is 4.51. The molecule has 0 saturated heterocycles. The lowest BCUT2D eigenvalue weighted by molar-refractivity contribution is 0.222. The Kier molecular flexibility index (Phi) is 8.53. The van der Waals surface area contributed by atoms with Crippen molar-refractivity contribution in [1.82, 2.24) is 4.90 Å². The predicted octanol–water partition coefficient (Wildman–Crippen LogP) is 8.01. The van der Waals surface area contributed by atoms with E-state index in [0.29, 0.717) is 5.92 Å². The first-order valence-electron chi connectivity index (χ1n) is 11.4. The summed E-state index contributed by atoms with van der Waals surface area (Å²) in [5.74, 6) is 0.612. The molecule has 0 fully saturated rings. The van der Waals surface area contributed by atoms with Crippen molar-refractivity contribution in [2.24, 2.45) is 5.92 Å². The molecule has 1 atom stereocenters. The summed E-state index contributed by atoms with van der Waals surface area (Å²) in [7, 11) is 0. The van der Waals surface area contributed by atoms with Gasteiger partial charge in [0.05, 0.1) is 0 Å². The summed E-state index contributed by atoms with van der Waals surface area (Å²) < 4.78 is 0. The summed E-state index contributed by atoms with van der Waals surface area (Å²) in [6.45, 7) is 23.2. The molecular weight excluding hydrogens is 362 g/mol. The topological polar surface area (TPSA) is 3.24 Å². The fraction of sp³-hybridized carbons (Fsp3) is 0.448. The van der Waals surface area contributed by atoms with Crippen molar-refractivity contribution in [3.05, 3.63) is 83.9 Å². The Hall–Kier alpha value is -2.28. The Labute approximate surface area is 185 Å². The molecule has 1 unspecified atom stereocenters. The summed E-state index contributed by atoms with van der Waals surface area (Å²) >= 11 is 0. The quantitative estimate of drug-likeness (QED) is 0.388. The van der Waals surface area contributed by atoms with E-state index >= 15 is 0 Å². The Morgan fingerprint density at radius 1 is 0.933 bits per heavy atom. The first-order chi connectivity index (χ1) is 14.1. The standard InChI is InChI=1S/C29H41N/c1-9-20-30(29(6,7)8)24(5)28-17-13-10-14-25(28)19-18-23(4)21-26-15-11-12-16-27(26)22(2)3/h10-17,23H,2,5,9,18-21H2,1,3-4,6-8H3. The zero-order chi connectivity index (χ0) is 22.3. The van der Waals surface area contributed by atoms with Crippen LogP contribution >= 0.6 is 0 Å². The first-order valence-corrected chi connectivity index (χ1v) is 11.4. The van der Waals surface area contributed by atoms with Gasteiger partial charge < -0.3 is 4.90 Å². The Bertz CT molecular complexity index is 853. The van der Waals surface area contributed by atoms with Crippen LogP contribution in [0.3, 0.4) is 0 Å². The van der Waals surface area contributed by atoms with E-state index in [2.05, 4.69) is 108 Å². The van der Waals surface area contributed by atoms with Crippen LogP contribution in [-0.2, 0) is 12.8 Å². The molecule has 1 nitrogen and oxygen atoms in total. The second-order valence-electron chi connectivity index (χ2n) is 9.71. The SMILES string of the molecule is C=C(C)c1ccccc1CC(C)CCc1ccccc1C(=C)N(CCC)C(C)(C)C. The monoisotopic (exact) mass is 403 g/mol. The van der Waals surface area contributed by atoms with E-state index in [1.807, 2.05) is 0 Å². The number of hydrogen-bond donors (Lipinski definition) is 0. The Balaban J connectivity index is 2.13. The molecule has 0 aliphatic heterocycles. The zero-order valence-corrected chi connectivity index (χ0v) is 20.1. The van der Waals surface area contributed by atoms with Crippen LogP contribution in [0.5, 0.6) is 0 Å². The van der Waals surface area contributed by atoms with E-state index in [1.165, 1.54) is 22.3 Å². The largest absolute Gasteiger partial charge is 0.367 e.